The molecule has 1 unspecified atom stereocenters. The van der Waals surface area contributed by atoms with E-state index in [9.17, 15) is 22.0 Å². The smallest absolute Gasteiger partial charge is 0.201 e. The van der Waals surface area contributed by atoms with Gasteiger partial charge in [-0.2, -0.15) is 8.78 Å². The van der Waals surface area contributed by atoms with Crippen molar-refractivity contribution in [2.24, 2.45) is 5.92 Å². The normalized spacial score (nSPS) is 15.6. The summed E-state index contributed by atoms with van der Waals surface area (Å²) in [6.45, 7) is 3.56. The summed E-state index contributed by atoms with van der Waals surface area (Å²) in [5.74, 6) is -4.88. The summed E-state index contributed by atoms with van der Waals surface area (Å²) in [6, 6.07) is 9.88. The Morgan fingerprint density at radius 3 is 2.17 bits per heavy atom. The van der Waals surface area contributed by atoms with Gasteiger partial charge in [-0.1, -0.05) is 24.3 Å². The SMILES string of the molecule is CCOc1ccc(-c2ccc(C3=CCC(COc4ccc(C)c(F)c4F)CC3)c(F)c2)c(F)c1F. The lowest BCUT2D eigenvalue weighted by molar-refractivity contribution is 0.228. The topological polar surface area (TPSA) is 18.5 Å². The van der Waals surface area contributed by atoms with Crippen LogP contribution in [0.3, 0.4) is 0 Å². The molecule has 0 saturated heterocycles. The third-order valence-corrected chi connectivity index (χ3v) is 6.21. The van der Waals surface area contributed by atoms with Gasteiger partial charge in [0.1, 0.15) is 5.82 Å². The maximum Gasteiger partial charge on any atom is 0.201 e. The van der Waals surface area contributed by atoms with Crippen LogP contribution in [0.1, 0.15) is 37.3 Å². The minimum Gasteiger partial charge on any atom is -0.491 e. The maximum absolute atomic E-state index is 15.0. The van der Waals surface area contributed by atoms with Crippen molar-refractivity contribution in [1.29, 1.82) is 0 Å². The van der Waals surface area contributed by atoms with Crippen LogP contribution < -0.4 is 9.47 Å². The molecule has 7 heteroatoms. The highest BCUT2D eigenvalue weighted by Gasteiger charge is 2.21. The Kier molecular flexibility index (Phi) is 7.43. The van der Waals surface area contributed by atoms with Crippen LogP contribution in [0.2, 0.25) is 0 Å². The van der Waals surface area contributed by atoms with Crippen LogP contribution in [0, 0.1) is 41.9 Å². The van der Waals surface area contributed by atoms with Crippen molar-refractivity contribution in [3.8, 4) is 22.6 Å². The van der Waals surface area contributed by atoms with Crippen LogP contribution >= 0.6 is 0 Å². The first-order chi connectivity index (χ1) is 16.8. The fraction of sp³-hybridized carbons (Fsp3) is 0.286. The zero-order valence-electron chi connectivity index (χ0n) is 19.4. The first-order valence-corrected chi connectivity index (χ1v) is 11.5. The lowest BCUT2D eigenvalue weighted by Gasteiger charge is -2.23. The minimum atomic E-state index is -1.11. The lowest BCUT2D eigenvalue weighted by Crippen LogP contribution is -2.15. The standard InChI is InChI=1S/C28H25F5O2/c1-3-34-23-13-11-21(26(31)28(23)33)19-9-10-20(22(29)14-19)18-7-5-17(6-8-18)15-35-24-12-4-16(2)25(30)27(24)32/h4,7,9-14,17H,3,5-6,8,15H2,1-2H3. The zero-order valence-corrected chi connectivity index (χ0v) is 19.4. The molecule has 0 aromatic heterocycles. The molecule has 0 radical (unpaired) electrons. The average Bonchev–Trinajstić information content (AvgIpc) is 2.85. The fourth-order valence-electron chi connectivity index (χ4n) is 4.20. The van der Waals surface area contributed by atoms with Crippen molar-refractivity contribution < 1.29 is 31.4 Å². The molecule has 35 heavy (non-hydrogen) atoms. The second-order valence-corrected chi connectivity index (χ2v) is 8.56. The van der Waals surface area contributed by atoms with E-state index in [2.05, 4.69) is 0 Å². The van der Waals surface area contributed by atoms with Crippen molar-refractivity contribution in [3.63, 3.8) is 0 Å². The molecule has 0 N–H and O–H groups in total. The Hall–Kier alpha value is -3.35. The number of halogens is 5. The van der Waals surface area contributed by atoms with Gasteiger partial charge in [0, 0.05) is 11.1 Å². The predicted molar refractivity (Wildman–Crippen MR) is 125 cm³/mol. The van der Waals surface area contributed by atoms with E-state index < -0.39 is 29.1 Å². The molecular formula is C28H25F5O2. The van der Waals surface area contributed by atoms with Crippen LogP contribution in [-0.2, 0) is 0 Å². The van der Waals surface area contributed by atoms with Crippen molar-refractivity contribution >= 4 is 5.57 Å². The number of benzene rings is 3. The molecular weight excluding hydrogens is 463 g/mol. The summed E-state index contributed by atoms with van der Waals surface area (Å²) in [7, 11) is 0. The Balaban J connectivity index is 1.45. The van der Waals surface area contributed by atoms with Gasteiger partial charge in [-0.15, -0.1) is 0 Å². The van der Waals surface area contributed by atoms with Crippen molar-refractivity contribution in [2.45, 2.75) is 33.1 Å². The molecule has 0 heterocycles. The Labute approximate surface area is 201 Å². The first kappa shape index (κ1) is 24.8. The molecule has 3 aromatic carbocycles. The molecule has 1 atom stereocenters. The van der Waals surface area contributed by atoms with Gasteiger partial charge in [-0.3, -0.25) is 0 Å². The van der Waals surface area contributed by atoms with Crippen LogP contribution in [0.25, 0.3) is 16.7 Å². The minimum absolute atomic E-state index is 0.0500. The highest BCUT2D eigenvalue weighted by atomic mass is 19.2. The molecule has 1 aliphatic rings. The number of rotatable bonds is 7. The molecule has 1 aliphatic carbocycles. The molecule has 0 amide bonds. The number of ether oxygens (including phenoxy) is 2. The van der Waals surface area contributed by atoms with E-state index in [0.29, 0.717) is 24.8 Å². The monoisotopic (exact) mass is 488 g/mol. The van der Waals surface area contributed by atoms with Gasteiger partial charge in [0.05, 0.1) is 13.2 Å². The van der Waals surface area contributed by atoms with E-state index in [-0.39, 0.29) is 47.3 Å². The van der Waals surface area contributed by atoms with Gasteiger partial charge in [-0.05, 0) is 80.0 Å². The maximum atomic E-state index is 15.0. The molecule has 2 nitrogen and oxygen atoms in total. The van der Waals surface area contributed by atoms with Crippen LogP contribution in [-0.4, -0.2) is 13.2 Å². The van der Waals surface area contributed by atoms with Crippen molar-refractivity contribution in [3.05, 3.63) is 88.8 Å². The fourth-order valence-corrected chi connectivity index (χ4v) is 4.20. The summed E-state index contributed by atoms with van der Waals surface area (Å²) in [6.07, 6.45) is 3.74. The van der Waals surface area contributed by atoms with E-state index in [4.69, 9.17) is 9.47 Å². The summed E-state index contributed by atoms with van der Waals surface area (Å²) < 4.78 is 82.0. The Morgan fingerprint density at radius 2 is 1.49 bits per heavy atom. The lowest BCUT2D eigenvalue weighted by atomic mass is 9.86. The van der Waals surface area contributed by atoms with Gasteiger partial charge >= 0.3 is 0 Å². The average molecular weight is 488 g/mol. The number of hydrogen-bond acceptors (Lipinski definition) is 2. The highest BCUT2D eigenvalue weighted by Crippen LogP contribution is 2.35. The molecule has 4 rings (SSSR count). The van der Waals surface area contributed by atoms with E-state index in [0.717, 1.165) is 5.57 Å². The molecule has 0 fully saturated rings. The molecule has 0 aliphatic heterocycles. The Morgan fingerprint density at radius 1 is 0.800 bits per heavy atom. The predicted octanol–water partition coefficient (Wildman–Crippen LogP) is 8.02. The van der Waals surface area contributed by atoms with E-state index in [1.165, 1.54) is 37.3 Å². The molecule has 0 saturated carbocycles. The van der Waals surface area contributed by atoms with Crippen LogP contribution in [0.15, 0.2) is 48.5 Å². The van der Waals surface area contributed by atoms with Crippen LogP contribution in [0.4, 0.5) is 22.0 Å². The van der Waals surface area contributed by atoms with E-state index in [1.807, 2.05) is 6.08 Å². The number of aryl methyl sites for hydroxylation is 1. The molecule has 3 aromatic rings. The van der Waals surface area contributed by atoms with Crippen molar-refractivity contribution in [1.82, 2.24) is 0 Å². The summed E-state index contributed by atoms with van der Waals surface area (Å²) in [5, 5.41) is 0. The highest BCUT2D eigenvalue weighted by molar-refractivity contribution is 5.72. The summed E-state index contributed by atoms with van der Waals surface area (Å²) in [5.41, 5.74) is 1.58. The molecule has 184 valence electrons. The molecule has 0 spiro atoms. The van der Waals surface area contributed by atoms with Gasteiger partial charge in [0.25, 0.3) is 0 Å². The van der Waals surface area contributed by atoms with Gasteiger partial charge < -0.3 is 9.47 Å². The second-order valence-electron chi connectivity index (χ2n) is 8.56. The number of hydrogen-bond donors (Lipinski definition) is 0. The third-order valence-electron chi connectivity index (χ3n) is 6.21. The Bertz CT molecular complexity index is 1270. The first-order valence-electron chi connectivity index (χ1n) is 11.5. The van der Waals surface area contributed by atoms with Gasteiger partial charge in [0.2, 0.25) is 11.6 Å². The quantitative estimate of drug-likeness (QED) is 0.314. The van der Waals surface area contributed by atoms with E-state index in [1.54, 1.807) is 19.1 Å². The molecule has 0 bridgehead atoms. The van der Waals surface area contributed by atoms with Crippen LogP contribution in [0.5, 0.6) is 11.5 Å². The zero-order chi connectivity index (χ0) is 25.1. The number of allylic oxidation sites excluding steroid dienone is 2. The second kappa shape index (κ2) is 10.5. The van der Waals surface area contributed by atoms with Crippen molar-refractivity contribution in [2.75, 3.05) is 13.2 Å². The van der Waals surface area contributed by atoms with Gasteiger partial charge in [0.15, 0.2) is 23.1 Å². The van der Waals surface area contributed by atoms with E-state index >= 15 is 0 Å². The largest absolute Gasteiger partial charge is 0.491 e. The van der Waals surface area contributed by atoms with Gasteiger partial charge in [-0.25, -0.2) is 13.2 Å². The summed E-state index contributed by atoms with van der Waals surface area (Å²) in [4.78, 5) is 0. The third kappa shape index (κ3) is 5.19. The summed E-state index contributed by atoms with van der Waals surface area (Å²) >= 11 is 0.